The van der Waals surface area contributed by atoms with Gasteiger partial charge in [0.25, 0.3) is 0 Å². The lowest BCUT2D eigenvalue weighted by atomic mass is 10.0. The molecule has 0 spiro atoms. The first kappa shape index (κ1) is 30.2. The highest BCUT2D eigenvalue weighted by atomic mass is 16.4. The molecule has 0 aliphatic heterocycles. The number of nitrogens with one attached hydrogen (secondary N) is 3. The van der Waals surface area contributed by atoms with Gasteiger partial charge in [-0.3, -0.25) is 19.4 Å². The van der Waals surface area contributed by atoms with E-state index in [0.29, 0.717) is 6.42 Å². The molecule has 1 aromatic rings. The number of nitrogens with two attached hydrogens (primary N) is 3. The van der Waals surface area contributed by atoms with Crippen LogP contribution in [0, 0.1) is 5.92 Å². The van der Waals surface area contributed by atoms with Gasteiger partial charge in [-0.05, 0) is 49.3 Å². The van der Waals surface area contributed by atoms with Gasteiger partial charge < -0.3 is 43.4 Å². The van der Waals surface area contributed by atoms with Gasteiger partial charge in [-0.2, -0.15) is 0 Å². The maximum absolute atomic E-state index is 12.8. The molecule has 3 amide bonds. The summed E-state index contributed by atoms with van der Waals surface area (Å²) in [5.74, 6) is -3.09. The third kappa shape index (κ3) is 12.0. The zero-order valence-corrected chi connectivity index (χ0v) is 20.6. The van der Waals surface area contributed by atoms with Crippen LogP contribution in [0.25, 0.3) is 0 Å². The molecule has 0 aromatic heterocycles. The van der Waals surface area contributed by atoms with Gasteiger partial charge in [0.1, 0.15) is 17.8 Å². The van der Waals surface area contributed by atoms with E-state index in [1.54, 1.807) is 12.1 Å². The number of aliphatic imine (C=N–C) groups is 1. The van der Waals surface area contributed by atoms with Crippen molar-refractivity contribution in [2.75, 3.05) is 13.1 Å². The van der Waals surface area contributed by atoms with Gasteiger partial charge in [-0.25, -0.2) is 4.79 Å². The molecular weight excluding hydrogens is 470 g/mol. The molecule has 13 nitrogen and oxygen atoms in total. The van der Waals surface area contributed by atoms with Crippen molar-refractivity contribution in [3.05, 3.63) is 29.8 Å². The largest absolute Gasteiger partial charge is 0.508 e. The number of nitrogens with zero attached hydrogens (tertiary/aromatic N) is 1. The summed E-state index contributed by atoms with van der Waals surface area (Å²) >= 11 is 0. The zero-order valence-electron chi connectivity index (χ0n) is 20.6. The van der Waals surface area contributed by atoms with Gasteiger partial charge in [0, 0.05) is 6.54 Å². The summed E-state index contributed by atoms with van der Waals surface area (Å²) < 4.78 is 0. The van der Waals surface area contributed by atoms with Crippen molar-refractivity contribution < 1.29 is 29.4 Å². The second kappa shape index (κ2) is 15.2. The van der Waals surface area contributed by atoms with Crippen molar-refractivity contribution in [1.82, 2.24) is 16.0 Å². The number of carboxylic acid groups (broad SMARTS) is 1. The number of amides is 3. The van der Waals surface area contributed by atoms with E-state index in [-0.39, 0.29) is 43.4 Å². The molecule has 0 heterocycles. The highest BCUT2D eigenvalue weighted by Crippen LogP contribution is 2.11. The fourth-order valence-corrected chi connectivity index (χ4v) is 3.26. The minimum Gasteiger partial charge on any atom is -0.508 e. The molecule has 0 radical (unpaired) electrons. The predicted molar refractivity (Wildman–Crippen MR) is 134 cm³/mol. The third-order valence-corrected chi connectivity index (χ3v) is 5.07. The minimum atomic E-state index is -1.18. The van der Waals surface area contributed by atoms with Crippen LogP contribution >= 0.6 is 0 Å². The number of aliphatic carboxylic acids is 1. The van der Waals surface area contributed by atoms with Crippen molar-refractivity contribution in [1.29, 1.82) is 0 Å². The lowest BCUT2D eigenvalue weighted by Gasteiger charge is -2.22. The predicted octanol–water partition coefficient (Wildman–Crippen LogP) is -1.47. The lowest BCUT2D eigenvalue weighted by molar-refractivity contribution is -0.142. The lowest BCUT2D eigenvalue weighted by Crippen LogP contribution is -2.54. The summed E-state index contributed by atoms with van der Waals surface area (Å²) in [5, 5.41) is 26.1. The van der Waals surface area contributed by atoms with E-state index in [9.17, 15) is 29.4 Å². The Labute approximate surface area is 209 Å². The van der Waals surface area contributed by atoms with Crippen LogP contribution in [0.1, 0.15) is 38.7 Å². The van der Waals surface area contributed by atoms with Crippen LogP contribution in [0.2, 0.25) is 0 Å². The summed E-state index contributed by atoms with van der Waals surface area (Å²) in [6, 6.07) is 3.09. The van der Waals surface area contributed by atoms with Gasteiger partial charge >= 0.3 is 5.97 Å². The number of phenolic OH excluding ortho intramolecular Hbond substituents is 1. The molecule has 1 rings (SSSR count). The van der Waals surface area contributed by atoms with Gasteiger partial charge in [-0.15, -0.1) is 0 Å². The standard InChI is InChI=1S/C23H37N7O6/c1-13(2)10-18(22(35)36)30-21(34)17(4-3-9-27-23(25)26)29-19(32)12-28-20(33)16(24)11-14-5-7-15(31)8-6-14/h5-8,13,16-18,31H,3-4,9-12,24H2,1-2H3,(H,28,33)(H,29,32)(H,30,34)(H,35,36)(H4,25,26,27). The summed E-state index contributed by atoms with van der Waals surface area (Å²) in [6.07, 6.45) is 0.874. The number of aromatic hydroxyl groups is 1. The SMILES string of the molecule is CC(C)CC(NC(=O)C(CCCN=C(N)N)NC(=O)CNC(=O)C(N)Cc1ccc(O)cc1)C(=O)O. The van der Waals surface area contributed by atoms with Crippen LogP contribution in [0.3, 0.4) is 0 Å². The smallest absolute Gasteiger partial charge is 0.326 e. The highest BCUT2D eigenvalue weighted by Gasteiger charge is 2.27. The van der Waals surface area contributed by atoms with Crippen LogP contribution in [0.5, 0.6) is 5.75 Å². The van der Waals surface area contributed by atoms with E-state index in [1.807, 2.05) is 13.8 Å². The van der Waals surface area contributed by atoms with Gasteiger partial charge in [0.2, 0.25) is 17.7 Å². The fourth-order valence-electron chi connectivity index (χ4n) is 3.26. The number of hydrogen-bond donors (Lipinski definition) is 8. The molecule has 0 aliphatic carbocycles. The Morgan fingerprint density at radius 1 is 1.00 bits per heavy atom. The van der Waals surface area contributed by atoms with Crippen molar-refractivity contribution in [3.63, 3.8) is 0 Å². The summed E-state index contributed by atoms with van der Waals surface area (Å²) in [4.78, 5) is 52.9. The Morgan fingerprint density at radius 2 is 1.64 bits per heavy atom. The number of guanidine groups is 1. The maximum Gasteiger partial charge on any atom is 0.326 e. The second-order valence-corrected chi connectivity index (χ2v) is 8.79. The normalized spacial score (nSPS) is 13.2. The minimum absolute atomic E-state index is 0.0160. The van der Waals surface area contributed by atoms with E-state index in [0.717, 1.165) is 5.56 Å². The molecular formula is C23H37N7O6. The topological polar surface area (TPSA) is 235 Å². The molecule has 0 saturated heterocycles. The number of phenols is 1. The quantitative estimate of drug-likeness (QED) is 0.0784. The molecule has 200 valence electrons. The monoisotopic (exact) mass is 507 g/mol. The summed E-state index contributed by atoms with van der Waals surface area (Å²) in [7, 11) is 0. The number of carbonyl (C=O) groups is 4. The van der Waals surface area contributed by atoms with E-state index in [4.69, 9.17) is 17.2 Å². The molecule has 0 bridgehead atoms. The molecule has 13 heteroatoms. The van der Waals surface area contributed by atoms with Crippen LogP contribution in [-0.2, 0) is 25.6 Å². The zero-order chi connectivity index (χ0) is 27.3. The first-order valence-electron chi connectivity index (χ1n) is 11.6. The Hall–Kier alpha value is -3.87. The average molecular weight is 508 g/mol. The summed E-state index contributed by atoms with van der Waals surface area (Å²) in [5.41, 5.74) is 17.2. The van der Waals surface area contributed by atoms with Crippen LogP contribution < -0.4 is 33.2 Å². The molecule has 0 fully saturated rings. The average Bonchev–Trinajstić information content (AvgIpc) is 2.79. The molecule has 0 saturated carbocycles. The van der Waals surface area contributed by atoms with E-state index < -0.39 is 48.4 Å². The van der Waals surface area contributed by atoms with Gasteiger partial charge in [-0.1, -0.05) is 26.0 Å². The van der Waals surface area contributed by atoms with Crippen LogP contribution in [0.15, 0.2) is 29.3 Å². The van der Waals surface area contributed by atoms with Crippen molar-refractivity contribution in [2.45, 2.75) is 57.7 Å². The van der Waals surface area contributed by atoms with Crippen molar-refractivity contribution in [2.24, 2.45) is 28.1 Å². The Kier molecular flexibility index (Phi) is 12.7. The van der Waals surface area contributed by atoms with Crippen molar-refractivity contribution >= 4 is 29.7 Å². The third-order valence-electron chi connectivity index (χ3n) is 5.07. The number of hydrogen-bond acceptors (Lipinski definition) is 7. The molecule has 11 N–H and O–H groups in total. The molecule has 1 aromatic carbocycles. The van der Waals surface area contributed by atoms with Crippen LogP contribution in [0.4, 0.5) is 0 Å². The van der Waals surface area contributed by atoms with Crippen LogP contribution in [-0.4, -0.2) is 71.1 Å². The Morgan fingerprint density at radius 3 is 2.19 bits per heavy atom. The molecule has 36 heavy (non-hydrogen) atoms. The first-order valence-corrected chi connectivity index (χ1v) is 11.6. The van der Waals surface area contributed by atoms with E-state index >= 15 is 0 Å². The number of benzene rings is 1. The first-order chi connectivity index (χ1) is 16.9. The van der Waals surface area contributed by atoms with Gasteiger partial charge in [0.15, 0.2) is 5.96 Å². The molecule has 0 aliphatic rings. The number of rotatable bonds is 15. The molecule has 3 unspecified atom stereocenters. The fraction of sp³-hybridized carbons (Fsp3) is 0.522. The van der Waals surface area contributed by atoms with E-state index in [1.165, 1.54) is 12.1 Å². The van der Waals surface area contributed by atoms with Crippen molar-refractivity contribution in [3.8, 4) is 5.75 Å². The highest BCUT2D eigenvalue weighted by molar-refractivity contribution is 5.92. The van der Waals surface area contributed by atoms with E-state index in [2.05, 4.69) is 20.9 Å². The molecule has 3 atom stereocenters. The van der Waals surface area contributed by atoms with Gasteiger partial charge in [0.05, 0.1) is 12.6 Å². The second-order valence-electron chi connectivity index (χ2n) is 8.79. The number of carboxylic acids is 1. The summed E-state index contributed by atoms with van der Waals surface area (Å²) in [6.45, 7) is 3.42. The maximum atomic E-state index is 12.8. The Balaban J connectivity index is 2.72. The number of carbonyl (C=O) groups excluding carboxylic acids is 3. The Bertz CT molecular complexity index is 916.